The van der Waals surface area contributed by atoms with Gasteiger partial charge < -0.3 is 14.8 Å². The lowest BCUT2D eigenvalue weighted by Crippen LogP contribution is -2.14. The molecule has 11 heteroatoms. The third kappa shape index (κ3) is 4.65. The van der Waals surface area contributed by atoms with Crippen LogP contribution < -0.4 is 19.5 Å². The molecule has 0 saturated heterocycles. The molecule has 130 valence electrons. The number of anilines is 2. The quantitative estimate of drug-likeness (QED) is 0.754. The van der Waals surface area contributed by atoms with Crippen LogP contribution in [0.4, 0.5) is 16.0 Å². The monoisotopic (exact) mass is 357 g/mol. The molecule has 1 heterocycles. The molecule has 0 aliphatic carbocycles. The van der Waals surface area contributed by atoms with E-state index in [1.54, 1.807) is 0 Å². The second-order valence-electron chi connectivity index (χ2n) is 4.63. The topological polar surface area (TPSA) is 115 Å². The zero-order chi connectivity index (χ0) is 17.7. The molecule has 2 aromatic rings. The number of ether oxygens (including phenoxy) is 2. The standard InChI is InChI=1S/C13H16FN5O4S/c1-22-12-16-11(17-13(18-12)23-2)15-7-8-9(14)5-4-6-10(8)19-24(3,20)21/h4-6,19H,7H2,1-3H3,(H,15,16,17,18). The highest BCUT2D eigenvalue weighted by molar-refractivity contribution is 7.92. The second-order valence-corrected chi connectivity index (χ2v) is 6.37. The molecular formula is C13H16FN5O4S. The van der Waals surface area contributed by atoms with E-state index < -0.39 is 15.8 Å². The molecule has 2 N–H and O–H groups in total. The summed E-state index contributed by atoms with van der Waals surface area (Å²) in [6.45, 7) is -0.0686. The molecule has 1 aromatic heterocycles. The zero-order valence-electron chi connectivity index (χ0n) is 13.2. The number of hydrogen-bond donors (Lipinski definition) is 2. The predicted molar refractivity (Wildman–Crippen MR) is 85.1 cm³/mol. The van der Waals surface area contributed by atoms with E-state index in [0.717, 1.165) is 6.26 Å². The van der Waals surface area contributed by atoms with Gasteiger partial charge in [0.15, 0.2) is 0 Å². The third-order valence-electron chi connectivity index (χ3n) is 2.80. The number of methoxy groups -OCH3 is 2. The van der Waals surface area contributed by atoms with Gasteiger partial charge in [-0.25, -0.2) is 12.8 Å². The van der Waals surface area contributed by atoms with Crippen molar-refractivity contribution >= 4 is 21.7 Å². The highest BCUT2D eigenvalue weighted by Crippen LogP contribution is 2.21. The van der Waals surface area contributed by atoms with E-state index in [1.807, 2.05) is 0 Å². The van der Waals surface area contributed by atoms with Gasteiger partial charge in [-0.3, -0.25) is 4.72 Å². The number of hydrogen-bond acceptors (Lipinski definition) is 8. The first-order chi connectivity index (χ1) is 11.3. The zero-order valence-corrected chi connectivity index (χ0v) is 14.0. The number of rotatable bonds is 7. The Morgan fingerprint density at radius 3 is 2.29 bits per heavy atom. The summed E-state index contributed by atoms with van der Waals surface area (Å²) in [6.07, 6.45) is 0.983. The summed E-state index contributed by atoms with van der Waals surface area (Å²) < 4.78 is 48.9. The van der Waals surface area contributed by atoms with Crippen LogP contribution in [0.2, 0.25) is 0 Å². The lowest BCUT2D eigenvalue weighted by atomic mass is 10.1. The van der Waals surface area contributed by atoms with E-state index >= 15 is 0 Å². The minimum absolute atomic E-state index is 0.0207. The van der Waals surface area contributed by atoms with Gasteiger partial charge in [0.25, 0.3) is 0 Å². The maximum absolute atomic E-state index is 14.0. The second kappa shape index (κ2) is 7.25. The van der Waals surface area contributed by atoms with E-state index in [-0.39, 0.29) is 35.8 Å². The number of sulfonamides is 1. The Bertz CT molecular complexity index is 809. The maximum Gasteiger partial charge on any atom is 0.324 e. The van der Waals surface area contributed by atoms with Crippen LogP contribution in [0, 0.1) is 5.82 Å². The average Bonchev–Trinajstić information content (AvgIpc) is 2.52. The van der Waals surface area contributed by atoms with Crippen molar-refractivity contribution in [3.63, 3.8) is 0 Å². The van der Waals surface area contributed by atoms with Gasteiger partial charge in [-0.05, 0) is 12.1 Å². The molecule has 24 heavy (non-hydrogen) atoms. The Morgan fingerprint density at radius 2 is 1.75 bits per heavy atom. The minimum Gasteiger partial charge on any atom is -0.467 e. The van der Waals surface area contributed by atoms with Crippen LogP contribution in [-0.4, -0.2) is 43.8 Å². The lowest BCUT2D eigenvalue weighted by Gasteiger charge is -2.13. The summed E-state index contributed by atoms with van der Waals surface area (Å²) in [5, 5.41) is 2.78. The van der Waals surface area contributed by atoms with Crippen molar-refractivity contribution in [2.75, 3.05) is 30.5 Å². The van der Waals surface area contributed by atoms with Gasteiger partial charge in [0.2, 0.25) is 16.0 Å². The Kier molecular flexibility index (Phi) is 5.34. The molecule has 0 amide bonds. The van der Waals surface area contributed by atoms with Gasteiger partial charge in [-0.2, -0.15) is 9.97 Å². The van der Waals surface area contributed by atoms with Gasteiger partial charge >= 0.3 is 12.0 Å². The molecule has 0 saturated carbocycles. The number of nitrogens with zero attached hydrogens (tertiary/aromatic N) is 3. The maximum atomic E-state index is 14.0. The van der Waals surface area contributed by atoms with Crippen LogP contribution in [-0.2, 0) is 16.6 Å². The molecule has 0 atom stereocenters. The smallest absolute Gasteiger partial charge is 0.324 e. The molecule has 0 spiro atoms. The number of aromatic nitrogens is 3. The van der Waals surface area contributed by atoms with Crippen molar-refractivity contribution < 1.29 is 22.3 Å². The third-order valence-corrected chi connectivity index (χ3v) is 3.39. The van der Waals surface area contributed by atoms with Gasteiger partial charge in [0.05, 0.1) is 26.2 Å². The highest BCUT2D eigenvalue weighted by Gasteiger charge is 2.13. The van der Waals surface area contributed by atoms with Gasteiger partial charge in [0, 0.05) is 12.1 Å². The van der Waals surface area contributed by atoms with E-state index in [2.05, 4.69) is 25.0 Å². The van der Waals surface area contributed by atoms with Crippen LogP contribution in [0.15, 0.2) is 18.2 Å². The molecule has 0 aliphatic heterocycles. The van der Waals surface area contributed by atoms with Crippen molar-refractivity contribution in [1.82, 2.24) is 15.0 Å². The lowest BCUT2D eigenvalue weighted by molar-refractivity contribution is 0.341. The molecule has 0 fully saturated rings. The molecular weight excluding hydrogens is 341 g/mol. The number of halogens is 1. The first-order valence-corrected chi connectivity index (χ1v) is 8.54. The highest BCUT2D eigenvalue weighted by atomic mass is 32.2. The summed E-state index contributed by atoms with van der Waals surface area (Å²) >= 11 is 0. The largest absolute Gasteiger partial charge is 0.467 e. The molecule has 2 rings (SSSR count). The van der Waals surface area contributed by atoms with E-state index in [4.69, 9.17) is 9.47 Å². The Balaban J connectivity index is 2.26. The first kappa shape index (κ1) is 17.7. The van der Waals surface area contributed by atoms with Gasteiger partial charge in [-0.1, -0.05) is 6.07 Å². The van der Waals surface area contributed by atoms with Crippen molar-refractivity contribution in [3.8, 4) is 12.0 Å². The van der Waals surface area contributed by atoms with Crippen molar-refractivity contribution in [2.24, 2.45) is 0 Å². The molecule has 0 bridgehead atoms. The van der Waals surface area contributed by atoms with Crippen molar-refractivity contribution in [1.29, 1.82) is 0 Å². The number of benzene rings is 1. The van der Waals surface area contributed by atoms with Crippen LogP contribution in [0.3, 0.4) is 0 Å². The van der Waals surface area contributed by atoms with Gasteiger partial charge in [0.1, 0.15) is 5.82 Å². The number of nitrogens with one attached hydrogen (secondary N) is 2. The molecule has 0 radical (unpaired) electrons. The van der Waals surface area contributed by atoms with Crippen molar-refractivity contribution in [3.05, 3.63) is 29.6 Å². The minimum atomic E-state index is -3.55. The Morgan fingerprint density at radius 1 is 1.12 bits per heavy atom. The Labute approximate surface area is 138 Å². The van der Waals surface area contributed by atoms with Crippen LogP contribution in [0.1, 0.15) is 5.56 Å². The van der Waals surface area contributed by atoms with E-state index in [0.29, 0.717) is 0 Å². The van der Waals surface area contributed by atoms with Crippen LogP contribution in [0.25, 0.3) is 0 Å². The molecule has 9 nitrogen and oxygen atoms in total. The average molecular weight is 357 g/mol. The van der Waals surface area contributed by atoms with E-state index in [1.165, 1.54) is 32.4 Å². The fourth-order valence-electron chi connectivity index (χ4n) is 1.80. The fourth-order valence-corrected chi connectivity index (χ4v) is 2.39. The fraction of sp³-hybridized carbons (Fsp3) is 0.308. The Hall–Kier alpha value is -2.69. The van der Waals surface area contributed by atoms with Crippen LogP contribution >= 0.6 is 0 Å². The predicted octanol–water partition coefficient (Wildman–Crippen LogP) is 1.01. The summed E-state index contributed by atoms with van der Waals surface area (Å²) in [7, 11) is -0.789. The summed E-state index contributed by atoms with van der Waals surface area (Å²) in [4.78, 5) is 11.7. The molecule has 0 unspecified atom stereocenters. The summed E-state index contributed by atoms with van der Waals surface area (Å²) in [5.74, 6) is -0.489. The normalized spacial score (nSPS) is 11.0. The molecule has 0 aliphatic rings. The van der Waals surface area contributed by atoms with Crippen molar-refractivity contribution in [2.45, 2.75) is 6.54 Å². The van der Waals surface area contributed by atoms with Gasteiger partial charge in [-0.15, -0.1) is 4.98 Å². The van der Waals surface area contributed by atoms with Crippen LogP contribution in [0.5, 0.6) is 12.0 Å². The van der Waals surface area contributed by atoms with E-state index in [9.17, 15) is 12.8 Å². The first-order valence-electron chi connectivity index (χ1n) is 6.65. The summed E-state index contributed by atoms with van der Waals surface area (Å²) in [5.41, 5.74) is 0.235. The summed E-state index contributed by atoms with van der Waals surface area (Å²) in [6, 6.07) is 4.12. The molecule has 1 aromatic carbocycles. The SMILES string of the molecule is COc1nc(NCc2c(F)cccc2NS(C)(=O)=O)nc(OC)n1.